The SMILES string of the molecule is O=C(Cc1cccnc1)N1CCOCCOc2ccccc2Oc2ncccc2C1. The number of pyridine rings is 2. The predicted octanol–water partition coefficient (Wildman–Crippen LogP) is 3.25. The zero-order chi connectivity index (χ0) is 20.6. The summed E-state index contributed by atoms with van der Waals surface area (Å²) in [5.74, 6) is 1.65. The van der Waals surface area contributed by atoms with Crippen LogP contribution in [-0.4, -0.2) is 47.1 Å². The van der Waals surface area contributed by atoms with Crippen LogP contribution < -0.4 is 9.47 Å². The van der Waals surface area contributed by atoms with Crippen molar-refractivity contribution < 1.29 is 19.0 Å². The number of carbonyl (C=O) groups is 1. The first-order chi connectivity index (χ1) is 14.8. The highest BCUT2D eigenvalue weighted by Crippen LogP contribution is 2.32. The number of nitrogens with zero attached hydrogens (tertiary/aromatic N) is 3. The zero-order valence-corrected chi connectivity index (χ0v) is 16.6. The van der Waals surface area contributed by atoms with Gasteiger partial charge < -0.3 is 19.1 Å². The minimum atomic E-state index is -0.00655. The minimum absolute atomic E-state index is 0.00655. The van der Waals surface area contributed by atoms with Crippen LogP contribution in [0.2, 0.25) is 0 Å². The molecule has 1 aromatic carbocycles. The molecular formula is C23H23N3O4. The molecule has 0 fully saturated rings. The van der Waals surface area contributed by atoms with Gasteiger partial charge in [-0.05, 0) is 29.8 Å². The molecule has 0 atom stereocenters. The molecule has 0 saturated heterocycles. The van der Waals surface area contributed by atoms with Gasteiger partial charge >= 0.3 is 0 Å². The Morgan fingerprint density at radius 3 is 2.70 bits per heavy atom. The van der Waals surface area contributed by atoms with E-state index in [2.05, 4.69) is 9.97 Å². The van der Waals surface area contributed by atoms with Crippen LogP contribution in [0.4, 0.5) is 0 Å². The average Bonchev–Trinajstić information content (AvgIpc) is 2.79. The van der Waals surface area contributed by atoms with E-state index in [1.165, 1.54) is 0 Å². The normalized spacial score (nSPS) is 14.6. The van der Waals surface area contributed by atoms with Crippen molar-refractivity contribution in [3.63, 3.8) is 0 Å². The first kappa shape index (κ1) is 19.8. The maximum Gasteiger partial charge on any atom is 0.227 e. The third-order valence-corrected chi connectivity index (χ3v) is 4.69. The Hall–Kier alpha value is -3.45. The van der Waals surface area contributed by atoms with Crippen molar-refractivity contribution >= 4 is 5.91 Å². The number of ether oxygens (including phenoxy) is 3. The fourth-order valence-electron chi connectivity index (χ4n) is 3.17. The number of amides is 1. The lowest BCUT2D eigenvalue weighted by molar-refractivity contribution is -0.132. The lowest BCUT2D eigenvalue weighted by atomic mass is 10.1. The highest BCUT2D eigenvalue weighted by molar-refractivity contribution is 5.78. The topological polar surface area (TPSA) is 73.8 Å². The van der Waals surface area contributed by atoms with Gasteiger partial charge in [-0.15, -0.1) is 0 Å². The average molecular weight is 405 g/mol. The minimum Gasteiger partial charge on any atom is -0.487 e. The van der Waals surface area contributed by atoms with Crippen molar-refractivity contribution in [2.75, 3.05) is 26.4 Å². The van der Waals surface area contributed by atoms with Gasteiger partial charge in [0.2, 0.25) is 11.8 Å². The summed E-state index contributed by atoms with van der Waals surface area (Å²) in [7, 11) is 0. The molecule has 154 valence electrons. The van der Waals surface area contributed by atoms with E-state index in [1.807, 2.05) is 48.5 Å². The predicted molar refractivity (Wildman–Crippen MR) is 110 cm³/mol. The third kappa shape index (κ3) is 5.12. The summed E-state index contributed by atoms with van der Waals surface area (Å²) in [4.78, 5) is 23.3. The molecule has 0 saturated carbocycles. The number of rotatable bonds is 2. The molecule has 1 aliphatic heterocycles. The summed E-state index contributed by atoms with van der Waals surface area (Å²) < 4.78 is 17.6. The molecule has 4 rings (SSSR count). The molecule has 0 spiro atoms. The highest BCUT2D eigenvalue weighted by atomic mass is 16.5. The van der Waals surface area contributed by atoms with Crippen molar-refractivity contribution in [1.82, 2.24) is 14.9 Å². The summed E-state index contributed by atoms with van der Waals surface area (Å²) in [5, 5.41) is 0. The van der Waals surface area contributed by atoms with Gasteiger partial charge in [0.05, 0.1) is 26.2 Å². The van der Waals surface area contributed by atoms with Crippen LogP contribution in [0.1, 0.15) is 11.1 Å². The fourth-order valence-corrected chi connectivity index (χ4v) is 3.17. The van der Waals surface area contributed by atoms with E-state index in [0.29, 0.717) is 50.3 Å². The van der Waals surface area contributed by atoms with E-state index in [9.17, 15) is 4.79 Å². The third-order valence-electron chi connectivity index (χ3n) is 4.69. The van der Waals surface area contributed by atoms with Crippen molar-refractivity contribution in [3.05, 3.63) is 78.2 Å². The Morgan fingerprint density at radius 2 is 1.83 bits per heavy atom. The first-order valence-corrected chi connectivity index (χ1v) is 9.87. The van der Waals surface area contributed by atoms with Gasteiger partial charge in [-0.2, -0.15) is 0 Å². The summed E-state index contributed by atoms with van der Waals surface area (Å²) in [6, 6.07) is 14.9. The summed E-state index contributed by atoms with van der Waals surface area (Å²) in [6.07, 6.45) is 5.35. The van der Waals surface area contributed by atoms with Crippen LogP contribution in [0.5, 0.6) is 17.4 Å². The molecule has 0 N–H and O–H groups in total. The molecule has 0 aliphatic carbocycles. The molecule has 3 heterocycles. The Bertz CT molecular complexity index is 981. The number of para-hydroxylation sites is 2. The maximum absolute atomic E-state index is 13.0. The number of fused-ring (bicyclic) bond motifs is 2. The molecule has 2 aromatic heterocycles. The van der Waals surface area contributed by atoms with E-state index in [0.717, 1.165) is 11.1 Å². The van der Waals surface area contributed by atoms with Gasteiger partial charge in [0.15, 0.2) is 11.5 Å². The van der Waals surface area contributed by atoms with Crippen LogP contribution in [0.15, 0.2) is 67.1 Å². The molecule has 7 nitrogen and oxygen atoms in total. The van der Waals surface area contributed by atoms with E-state index in [1.54, 1.807) is 23.5 Å². The largest absolute Gasteiger partial charge is 0.487 e. The molecule has 1 amide bonds. The quantitative estimate of drug-likeness (QED) is 0.652. The molecule has 0 unspecified atom stereocenters. The number of carbonyl (C=O) groups excluding carboxylic acids is 1. The van der Waals surface area contributed by atoms with Gasteiger partial charge in [0, 0.05) is 30.7 Å². The molecular weight excluding hydrogens is 382 g/mol. The summed E-state index contributed by atoms with van der Waals surface area (Å²) >= 11 is 0. The lowest BCUT2D eigenvalue weighted by Crippen LogP contribution is -2.35. The van der Waals surface area contributed by atoms with Gasteiger partial charge in [0.1, 0.15) is 6.61 Å². The highest BCUT2D eigenvalue weighted by Gasteiger charge is 2.19. The van der Waals surface area contributed by atoms with Crippen molar-refractivity contribution in [2.24, 2.45) is 0 Å². The molecule has 7 heteroatoms. The maximum atomic E-state index is 13.0. The zero-order valence-electron chi connectivity index (χ0n) is 16.6. The fraction of sp³-hybridized carbons (Fsp3) is 0.261. The van der Waals surface area contributed by atoms with Crippen LogP contribution in [0.25, 0.3) is 0 Å². The van der Waals surface area contributed by atoms with Gasteiger partial charge in [-0.25, -0.2) is 4.98 Å². The van der Waals surface area contributed by atoms with E-state index in [4.69, 9.17) is 14.2 Å². The van der Waals surface area contributed by atoms with Gasteiger partial charge in [-0.3, -0.25) is 9.78 Å². The van der Waals surface area contributed by atoms with Crippen molar-refractivity contribution in [2.45, 2.75) is 13.0 Å². The van der Waals surface area contributed by atoms with E-state index in [-0.39, 0.29) is 12.3 Å². The van der Waals surface area contributed by atoms with Crippen LogP contribution in [0.3, 0.4) is 0 Å². The monoisotopic (exact) mass is 405 g/mol. The van der Waals surface area contributed by atoms with Crippen molar-refractivity contribution in [1.29, 1.82) is 0 Å². The standard InChI is InChI=1S/C23H23N3O4/c27-22(15-18-5-3-9-24-16-18)26-11-12-28-13-14-29-20-7-1-2-8-21(20)30-23-19(17-26)6-4-10-25-23/h1-10,16H,11-15,17H2. The molecule has 0 bridgehead atoms. The molecule has 0 radical (unpaired) electrons. The lowest BCUT2D eigenvalue weighted by Gasteiger charge is -2.23. The number of benzene rings is 1. The Balaban J connectivity index is 1.60. The van der Waals surface area contributed by atoms with Gasteiger partial charge in [0.25, 0.3) is 0 Å². The van der Waals surface area contributed by atoms with Gasteiger partial charge in [-0.1, -0.05) is 24.3 Å². The van der Waals surface area contributed by atoms with Crippen LogP contribution >= 0.6 is 0 Å². The second-order valence-corrected chi connectivity index (χ2v) is 6.83. The first-order valence-electron chi connectivity index (χ1n) is 9.87. The van der Waals surface area contributed by atoms with E-state index < -0.39 is 0 Å². The molecule has 30 heavy (non-hydrogen) atoms. The molecule has 1 aliphatic rings. The van der Waals surface area contributed by atoms with E-state index >= 15 is 0 Å². The Kier molecular flexibility index (Phi) is 6.51. The van der Waals surface area contributed by atoms with Crippen molar-refractivity contribution in [3.8, 4) is 17.4 Å². The van der Waals surface area contributed by atoms with Crippen LogP contribution in [0, 0.1) is 0 Å². The second-order valence-electron chi connectivity index (χ2n) is 6.83. The number of aromatic nitrogens is 2. The molecule has 3 aromatic rings. The number of hydrogen-bond donors (Lipinski definition) is 0. The smallest absolute Gasteiger partial charge is 0.227 e. The van der Waals surface area contributed by atoms with Crippen LogP contribution in [-0.2, 0) is 22.5 Å². The second kappa shape index (κ2) is 9.84. The summed E-state index contributed by atoms with van der Waals surface area (Å²) in [6.45, 7) is 2.05. The Morgan fingerprint density at radius 1 is 0.967 bits per heavy atom. The number of hydrogen-bond acceptors (Lipinski definition) is 6. The Labute approximate surface area is 175 Å². The summed E-state index contributed by atoms with van der Waals surface area (Å²) in [5.41, 5.74) is 1.68.